The number of likely N-dealkylation sites (tertiary alicyclic amines) is 1. The molecule has 30 heavy (non-hydrogen) atoms. The fourth-order valence-corrected chi connectivity index (χ4v) is 3.79. The summed E-state index contributed by atoms with van der Waals surface area (Å²) in [6.45, 7) is 1.55. The number of ether oxygens (including phenoxy) is 2. The number of carbonyl (C=O) groups is 2. The first-order chi connectivity index (χ1) is 14.6. The number of halogens is 1. The summed E-state index contributed by atoms with van der Waals surface area (Å²) in [6.07, 6.45) is 4.48. The van der Waals surface area contributed by atoms with E-state index in [-0.39, 0.29) is 18.7 Å². The van der Waals surface area contributed by atoms with E-state index in [2.05, 4.69) is 26.0 Å². The second kappa shape index (κ2) is 10.8. The molecule has 1 N–H and O–H groups in total. The van der Waals surface area contributed by atoms with Crippen LogP contribution in [0.5, 0.6) is 0 Å². The number of hydrogen-bond acceptors (Lipinski definition) is 5. The Labute approximate surface area is 185 Å². The van der Waals surface area contributed by atoms with E-state index in [0.717, 1.165) is 34.1 Å². The summed E-state index contributed by atoms with van der Waals surface area (Å²) in [5.74, 6) is -0.404. The van der Waals surface area contributed by atoms with Gasteiger partial charge in [0.1, 0.15) is 6.61 Å². The molecule has 1 aliphatic rings. The third kappa shape index (κ3) is 6.10. The van der Waals surface area contributed by atoms with Crippen LogP contribution in [-0.2, 0) is 20.9 Å². The average molecular weight is 473 g/mol. The van der Waals surface area contributed by atoms with Crippen molar-refractivity contribution >= 4 is 39.8 Å². The van der Waals surface area contributed by atoms with Crippen LogP contribution in [0.3, 0.4) is 0 Å². The number of nitrogens with one attached hydrogen (secondary N) is 1. The van der Waals surface area contributed by atoms with Crippen molar-refractivity contribution in [2.75, 3.05) is 25.5 Å². The largest absolute Gasteiger partial charge is 0.466 e. The second-order valence-electron chi connectivity index (χ2n) is 7.00. The van der Waals surface area contributed by atoms with Crippen LogP contribution in [0.2, 0.25) is 0 Å². The minimum absolute atomic E-state index is 0.225. The van der Waals surface area contributed by atoms with Crippen molar-refractivity contribution in [3.8, 4) is 0 Å². The molecule has 0 spiro atoms. The number of amides is 1. The Balaban J connectivity index is 1.53. The van der Waals surface area contributed by atoms with Crippen molar-refractivity contribution in [1.82, 2.24) is 4.90 Å². The minimum Gasteiger partial charge on any atom is -0.466 e. The Morgan fingerprint density at radius 3 is 2.57 bits per heavy atom. The van der Waals surface area contributed by atoms with Gasteiger partial charge >= 0.3 is 12.1 Å². The standard InChI is InChI=1S/C23H25BrN2O4/c1-29-22(27)11-10-19-20(24)8-5-9-21(19)25-18-12-14-26(15-13-18)23(28)30-16-17-6-3-2-4-7-17/h2-11,18,25H,12-16H2,1H3/b11-10+. The lowest BCUT2D eigenvalue weighted by atomic mass is 10.0. The Morgan fingerprint density at radius 1 is 1.13 bits per heavy atom. The lowest BCUT2D eigenvalue weighted by Crippen LogP contribution is -2.42. The maximum atomic E-state index is 12.3. The highest BCUT2D eigenvalue weighted by Crippen LogP contribution is 2.28. The van der Waals surface area contributed by atoms with Gasteiger partial charge in [-0.2, -0.15) is 0 Å². The molecule has 2 aromatic carbocycles. The Bertz CT molecular complexity index is 893. The van der Waals surface area contributed by atoms with Gasteiger partial charge in [-0.05, 0) is 36.6 Å². The molecule has 1 saturated heterocycles. The predicted molar refractivity (Wildman–Crippen MR) is 120 cm³/mol. The van der Waals surface area contributed by atoms with E-state index >= 15 is 0 Å². The van der Waals surface area contributed by atoms with E-state index in [9.17, 15) is 9.59 Å². The quantitative estimate of drug-likeness (QED) is 0.480. The fraction of sp³-hybridized carbons (Fsp3) is 0.304. The molecule has 1 amide bonds. The van der Waals surface area contributed by atoms with E-state index in [4.69, 9.17) is 4.74 Å². The van der Waals surface area contributed by atoms with Gasteiger partial charge in [-0.1, -0.05) is 52.3 Å². The number of benzene rings is 2. The molecule has 1 fully saturated rings. The monoisotopic (exact) mass is 472 g/mol. The first-order valence-corrected chi connectivity index (χ1v) is 10.6. The van der Waals surface area contributed by atoms with E-state index in [1.807, 2.05) is 48.5 Å². The van der Waals surface area contributed by atoms with Crippen LogP contribution in [0.15, 0.2) is 59.1 Å². The molecule has 0 aliphatic carbocycles. The smallest absolute Gasteiger partial charge is 0.410 e. The molecule has 158 valence electrons. The number of methoxy groups -OCH3 is 1. The summed E-state index contributed by atoms with van der Waals surface area (Å²) in [6, 6.07) is 15.7. The molecule has 3 rings (SSSR count). The Hall–Kier alpha value is -2.80. The number of carbonyl (C=O) groups excluding carboxylic acids is 2. The Kier molecular flexibility index (Phi) is 7.90. The molecule has 0 saturated carbocycles. The van der Waals surface area contributed by atoms with Gasteiger partial charge in [0.05, 0.1) is 7.11 Å². The summed E-state index contributed by atoms with van der Waals surface area (Å²) in [7, 11) is 1.35. The molecule has 1 aliphatic heterocycles. The summed E-state index contributed by atoms with van der Waals surface area (Å²) >= 11 is 3.54. The van der Waals surface area contributed by atoms with Gasteiger partial charge in [0, 0.05) is 40.9 Å². The summed E-state index contributed by atoms with van der Waals surface area (Å²) in [5, 5.41) is 3.54. The molecule has 2 aromatic rings. The zero-order chi connectivity index (χ0) is 21.3. The Morgan fingerprint density at radius 2 is 1.87 bits per heavy atom. The van der Waals surface area contributed by atoms with Crippen molar-refractivity contribution in [2.45, 2.75) is 25.5 Å². The number of esters is 1. The highest BCUT2D eigenvalue weighted by atomic mass is 79.9. The van der Waals surface area contributed by atoms with E-state index in [1.165, 1.54) is 13.2 Å². The normalized spacial score (nSPS) is 14.5. The van der Waals surface area contributed by atoms with Gasteiger partial charge in [-0.25, -0.2) is 9.59 Å². The zero-order valence-electron chi connectivity index (χ0n) is 16.8. The van der Waals surface area contributed by atoms with E-state index in [1.54, 1.807) is 11.0 Å². The van der Waals surface area contributed by atoms with Crippen LogP contribution < -0.4 is 5.32 Å². The van der Waals surface area contributed by atoms with Crippen LogP contribution in [0.1, 0.15) is 24.0 Å². The molecular weight excluding hydrogens is 448 g/mol. The summed E-state index contributed by atoms with van der Waals surface area (Å²) in [5.41, 5.74) is 2.78. The van der Waals surface area contributed by atoms with Crippen molar-refractivity contribution in [3.63, 3.8) is 0 Å². The van der Waals surface area contributed by atoms with Gasteiger partial charge in [0.25, 0.3) is 0 Å². The SMILES string of the molecule is COC(=O)/C=C/c1c(Br)cccc1NC1CCN(C(=O)OCc2ccccc2)CC1. The first-order valence-electron chi connectivity index (χ1n) is 9.83. The third-order valence-electron chi connectivity index (χ3n) is 4.96. The number of anilines is 1. The molecular formula is C23H25BrN2O4. The van der Waals surface area contributed by atoms with Gasteiger partial charge < -0.3 is 19.7 Å². The highest BCUT2D eigenvalue weighted by molar-refractivity contribution is 9.10. The number of rotatable bonds is 6. The van der Waals surface area contributed by atoms with Crippen LogP contribution in [0, 0.1) is 0 Å². The lowest BCUT2D eigenvalue weighted by Gasteiger charge is -2.32. The van der Waals surface area contributed by atoms with Gasteiger partial charge in [0.2, 0.25) is 0 Å². The molecule has 0 radical (unpaired) electrons. The van der Waals surface area contributed by atoms with Crippen LogP contribution >= 0.6 is 15.9 Å². The summed E-state index contributed by atoms with van der Waals surface area (Å²) < 4.78 is 11.0. The van der Waals surface area contributed by atoms with Crippen LogP contribution in [0.25, 0.3) is 6.08 Å². The zero-order valence-corrected chi connectivity index (χ0v) is 18.4. The van der Waals surface area contributed by atoms with Gasteiger partial charge in [0.15, 0.2) is 0 Å². The average Bonchev–Trinajstić information content (AvgIpc) is 2.78. The molecule has 1 heterocycles. The van der Waals surface area contributed by atoms with Crippen LogP contribution in [-0.4, -0.2) is 43.2 Å². The lowest BCUT2D eigenvalue weighted by molar-refractivity contribution is -0.134. The van der Waals surface area contributed by atoms with Crippen molar-refractivity contribution < 1.29 is 19.1 Å². The number of piperidine rings is 1. The summed E-state index contributed by atoms with van der Waals surface area (Å²) in [4.78, 5) is 25.5. The second-order valence-corrected chi connectivity index (χ2v) is 7.86. The number of nitrogens with zero attached hydrogens (tertiary/aromatic N) is 1. The van der Waals surface area contributed by atoms with Crippen molar-refractivity contribution in [2.24, 2.45) is 0 Å². The molecule has 0 atom stereocenters. The fourth-order valence-electron chi connectivity index (χ4n) is 3.29. The third-order valence-corrected chi connectivity index (χ3v) is 5.65. The molecule has 6 nitrogen and oxygen atoms in total. The van der Waals surface area contributed by atoms with Crippen molar-refractivity contribution in [1.29, 1.82) is 0 Å². The maximum Gasteiger partial charge on any atom is 0.410 e. The van der Waals surface area contributed by atoms with E-state index in [0.29, 0.717) is 13.1 Å². The molecule has 0 bridgehead atoms. The topological polar surface area (TPSA) is 67.9 Å². The minimum atomic E-state index is -0.404. The van der Waals surface area contributed by atoms with Gasteiger partial charge in [-0.3, -0.25) is 0 Å². The van der Waals surface area contributed by atoms with E-state index < -0.39 is 5.97 Å². The molecule has 0 unspecified atom stereocenters. The van der Waals surface area contributed by atoms with Crippen LogP contribution in [0.4, 0.5) is 10.5 Å². The molecule has 0 aromatic heterocycles. The van der Waals surface area contributed by atoms with Gasteiger partial charge in [-0.15, -0.1) is 0 Å². The maximum absolute atomic E-state index is 12.3. The molecule has 7 heteroatoms. The first kappa shape index (κ1) is 21.9. The predicted octanol–water partition coefficient (Wildman–Crippen LogP) is 4.85. The highest BCUT2D eigenvalue weighted by Gasteiger charge is 2.24. The number of hydrogen-bond donors (Lipinski definition) is 1. The van der Waals surface area contributed by atoms with Crippen molar-refractivity contribution in [3.05, 3.63) is 70.2 Å².